The number of amides is 1. The number of anilines is 3. The van der Waals surface area contributed by atoms with E-state index in [-0.39, 0.29) is 16.3 Å². The minimum absolute atomic E-state index is 0.0376. The van der Waals surface area contributed by atoms with Gasteiger partial charge in [-0.25, -0.2) is 14.4 Å². The molecule has 1 heterocycles. The van der Waals surface area contributed by atoms with Crippen LogP contribution in [0.2, 0.25) is 5.02 Å². The van der Waals surface area contributed by atoms with Gasteiger partial charge in [-0.3, -0.25) is 9.59 Å². The van der Waals surface area contributed by atoms with Crippen molar-refractivity contribution in [3.63, 3.8) is 0 Å². The van der Waals surface area contributed by atoms with Crippen molar-refractivity contribution in [2.75, 3.05) is 17.2 Å². The van der Waals surface area contributed by atoms with E-state index in [1.165, 1.54) is 24.5 Å². The van der Waals surface area contributed by atoms with Crippen molar-refractivity contribution in [1.82, 2.24) is 9.97 Å². The number of hydrogen-bond donors (Lipinski definition) is 2. The van der Waals surface area contributed by atoms with Crippen molar-refractivity contribution in [3.8, 4) is 5.75 Å². The minimum Gasteiger partial charge on any atom is -0.492 e. The summed E-state index contributed by atoms with van der Waals surface area (Å²) in [6.07, 6.45) is 1.36. The van der Waals surface area contributed by atoms with E-state index < -0.39 is 17.5 Å². The number of halogens is 2. The molecule has 7 nitrogen and oxygen atoms in total. The number of hydrogen-bond acceptors (Lipinski definition) is 6. The van der Waals surface area contributed by atoms with Gasteiger partial charge in [0.25, 0.3) is 11.7 Å². The Balaban J connectivity index is 1.71. The zero-order valence-corrected chi connectivity index (χ0v) is 18.2. The quantitative estimate of drug-likeness (QED) is 0.281. The van der Waals surface area contributed by atoms with Gasteiger partial charge in [-0.15, -0.1) is 0 Å². The number of Topliss-reactive ketones (excluding diaryl/α,β-unsaturated/α-hetero) is 1. The average molecular weight is 465 g/mol. The maximum Gasteiger partial charge on any atom is 0.296 e. The molecule has 4 rings (SSSR count). The lowest BCUT2D eigenvalue weighted by Crippen LogP contribution is -2.23. The van der Waals surface area contributed by atoms with Crippen molar-refractivity contribution in [3.05, 3.63) is 83.4 Å². The zero-order chi connectivity index (χ0) is 23.4. The van der Waals surface area contributed by atoms with Crippen molar-refractivity contribution in [2.24, 2.45) is 0 Å². The molecule has 1 aromatic heterocycles. The lowest BCUT2D eigenvalue weighted by molar-refractivity contribution is -0.112. The molecule has 0 radical (unpaired) electrons. The Hall–Kier alpha value is -4.04. The van der Waals surface area contributed by atoms with E-state index in [2.05, 4.69) is 20.6 Å². The molecule has 33 heavy (non-hydrogen) atoms. The molecular formula is C24H18ClFN4O3. The van der Waals surface area contributed by atoms with E-state index >= 15 is 0 Å². The molecule has 1 amide bonds. The number of ether oxygens (including phenoxy) is 1. The fourth-order valence-corrected chi connectivity index (χ4v) is 3.35. The fraction of sp³-hybridized carbons (Fsp3) is 0.0833. The van der Waals surface area contributed by atoms with Gasteiger partial charge in [0.05, 0.1) is 22.8 Å². The molecule has 166 valence electrons. The maximum absolute atomic E-state index is 13.5. The predicted molar refractivity (Wildman–Crippen MR) is 125 cm³/mol. The molecule has 0 spiro atoms. The highest BCUT2D eigenvalue weighted by Crippen LogP contribution is 2.34. The summed E-state index contributed by atoms with van der Waals surface area (Å²) in [4.78, 5) is 33.7. The van der Waals surface area contributed by atoms with Crippen molar-refractivity contribution >= 4 is 51.4 Å². The molecule has 0 fully saturated rings. The molecule has 0 atom stereocenters. The van der Waals surface area contributed by atoms with Crippen molar-refractivity contribution in [2.45, 2.75) is 6.92 Å². The first kappa shape index (κ1) is 22.2. The largest absolute Gasteiger partial charge is 0.492 e. The van der Waals surface area contributed by atoms with Crippen molar-refractivity contribution < 1.29 is 18.7 Å². The number of nitrogens with one attached hydrogen (secondary N) is 2. The van der Waals surface area contributed by atoms with Gasteiger partial charge < -0.3 is 15.4 Å². The summed E-state index contributed by atoms with van der Waals surface area (Å²) in [6, 6.07) is 15.7. The topological polar surface area (TPSA) is 93.2 Å². The Morgan fingerprint density at radius 1 is 1.06 bits per heavy atom. The Morgan fingerprint density at radius 3 is 2.58 bits per heavy atom. The number of carbonyl (C=O) groups excluding carboxylic acids is 2. The number of ketones is 1. The molecule has 3 aromatic carbocycles. The van der Waals surface area contributed by atoms with Gasteiger partial charge in [0.2, 0.25) is 0 Å². The summed E-state index contributed by atoms with van der Waals surface area (Å²) in [7, 11) is 0. The van der Waals surface area contributed by atoms with Crippen LogP contribution >= 0.6 is 11.6 Å². The van der Waals surface area contributed by atoms with Gasteiger partial charge in [-0.2, -0.15) is 0 Å². The lowest BCUT2D eigenvalue weighted by atomic mass is 10.1. The third-order valence-electron chi connectivity index (χ3n) is 4.71. The van der Waals surface area contributed by atoms with Crippen LogP contribution in [0.15, 0.2) is 67.0 Å². The summed E-state index contributed by atoms with van der Waals surface area (Å²) in [5.74, 6) is -1.27. The number of rotatable bonds is 7. The minimum atomic E-state index is -0.807. The van der Waals surface area contributed by atoms with E-state index in [0.717, 1.165) is 0 Å². The van der Waals surface area contributed by atoms with E-state index in [9.17, 15) is 14.0 Å². The lowest BCUT2D eigenvalue weighted by Gasteiger charge is -2.14. The molecule has 0 bridgehead atoms. The van der Waals surface area contributed by atoms with Crippen molar-refractivity contribution in [1.29, 1.82) is 0 Å². The van der Waals surface area contributed by atoms with Crippen LogP contribution in [0.5, 0.6) is 5.75 Å². The predicted octanol–water partition coefficient (Wildman–Crippen LogP) is 5.39. The number of carbonyl (C=O) groups is 2. The molecule has 9 heteroatoms. The molecular weight excluding hydrogens is 447 g/mol. The molecule has 0 aliphatic heterocycles. The number of aromatic nitrogens is 2. The van der Waals surface area contributed by atoms with Crippen LogP contribution in [0.1, 0.15) is 17.3 Å². The Bertz CT molecular complexity index is 1350. The van der Waals surface area contributed by atoms with Gasteiger partial charge in [-0.05, 0) is 31.2 Å². The zero-order valence-electron chi connectivity index (χ0n) is 17.4. The van der Waals surface area contributed by atoms with E-state index in [4.69, 9.17) is 16.3 Å². The molecule has 0 saturated carbocycles. The summed E-state index contributed by atoms with van der Waals surface area (Å²) < 4.78 is 19.2. The standard InChI is InChI=1S/C24H18ClFN4O3/c1-2-33-21-12-19-16(11-20(21)30-24(32)22(31)14-6-4-3-5-7-14)23(28-13-27-19)29-15-8-9-18(26)17(25)10-15/h3-13H,2H2,1H3,(H,30,32)(H,27,28,29). The summed E-state index contributed by atoms with van der Waals surface area (Å²) >= 11 is 5.87. The average Bonchev–Trinajstić information content (AvgIpc) is 2.82. The third-order valence-corrected chi connectivity index (χ3v) is 5.00. The number of fused-ring (bicyclic) bond motifs is 1. The summed E-state index contributed by atoms with van der Waals surface area (Å²) in [5.41, 5.74) is 1.61. The Kier molecular flexibility index (Phi) is 6.46. The normalized spacial score (nSPS) is 10.6. The van der Waals surface area contributed by atoms with Gasteiger partial charge in [-0.1, -0.05) is 41.9 Å². The smallest absolute Gasteiger partial charge is 0.296 e. The summed E-state index contributed by atoms with van der Waals surface area (Å²) in [5, 5.41) is 6.21. The Morgan fingerprint density at radius 2 is 1.85 bits per heavy atom. The van der Waals surface area contributed by atoms with Crippen LogP contribution < -0.4 is 15.4 Å². The van der Waals surface area contributed by atoms with Gasteiger partial charge >= 0.3 is 0 Å². The maximum atomic E-state index is 13.5. The first-order valence-corrected chi connectivity index (χ1v) is 10.4. The molecule has 0 saturated heterocycles. The van der Waals surface area contributed by atoms with Gasteiger partial charge in [0.15, 0.2) is 0 Å². The highest BCUT2D eigenvalue weighted by atomic mass is 35.5. The monoisotopic (exact) mass is 464 g/mol. The van der Waals surface area contributed by atoms with Crippen LogP contribution in [0, 0.1) is 5.82 Å². The second-order valence-corrected chi connectivity index (χ2v) is 7.33. The second kappa shape index (κ2) is 9.62. The SMILES string of the molecule is CCOc1cc2ncnc(Nc3ccc(F)c(Cl)c3)c2cc1NC(=O)C(=O)c1ccccc1. The molecule has 4 aromatic rings. The van der Waals surface area contributed by atoms with Crippen LogP contribution in [-0.4, -0.2) is 28.3 Å². The summed E-state index contributed by atoms with van der Waals surface area (Å²) in [6.45, 7) is 2.14. The molecule has 0 aliphatic rings. The fourth-order valence-electron chi connectivity index (χ4n) is 3.17. The first-order valence-electron chi connectivity index (χ1n) is 10.0. The second-order valence-electron chi connectivity index (χ2n) is 6.92. The van der Waals surface area contributed by atoms with Gasteiger partial charge in [0, 0.05) is 22.7 Å². The van der Waals surface area contributed by atoms with Crippen LogP contribution in [-0.2, 0) is 4.79 Å². The van der Waals surface area contributed by atoms with Crippen LogP contribution in [0.3, 0.4) is 0 Å². The highest BCUT2D eigenvalue weighted by molar-refractivity contribution is 6.46. The number of nitrogens with zero attached hydrogens (tertiary/aromatic N) is 2. The van der Waals surface area contributed by atoms with E-state index in [1.807, 2.05) is 0 Å². The van der Waals surface area contributed by atoms with Gasteiger partial charge in [0.1, 0.15) is 23.7 Å². The number of benzene rings is 3. The first-order chi connectivity index (χ1) is 16.0. The molecule has 2 N–H and O–H groups in total. The third kappa shape index (κ3) is 4.91. The van der Waals surface area contributed by atoms with E-state index in [0.29, 0.717) is 34.8 Å². The van der Waals surface area contributed by atoms with E-state index in [1.54, 1.807) is 49.4 Å². The highest BCUT2D eigenvalue weighted by Gasteiger charge is 2.19. The molecule has 0 unspecified atom stereocenters. The molecule has 0 aliphatic carbocycles. The Labute approximate surface area is 193 Å². The van der Waals surface area contributed by atoms with Crippen LogP contribution in [0.25, 0.3) is 10.9 Å². The van der Waals surface area contributed by atoms with Crippen LogP contribution in [0.4, 0.5) is 21.6 Å².